The molecule has 0 saturated carbocycles. The van der Waals surface area contributed by atoms with Gasteiger partial charge in [-0.2, -0.15) is 0 Å². The van der Waals surface area contributed by atoms with Gasteiger partial charge in [-0.15, -0.1) is 0 Å². The second kappa shape index (κ2) is 9.78. The highest BCUT2D eigenvalue weighted by Gasteiger charge is 2.29. The predicted octanol–water partition coefficient (Wildman–Crippen LogP) is 4.87. The van der Waals surface area contributed by atoms with Gasteiger partial charge >= 0.3 is 6.09 Å². The third-order valence-corrected chi connectivity index (χ3v) is 6.66. The zero-order valence-electron chi connectivity index (χ0n) is 19.1. The molecule has 4 aromatic rings. The Hall–Kier alpha value is -3.87. The summed E-state index contributed by atoms with van der Waals surface area (Å²) >= 11 is 0. The minimum Gasteiger partial charge on any atom is -0.508 e. The molecule has 6 nitrogen and oxygen atoms in total. The molecule has 0 heterocycles. The Labute approximate surface area is 203 Å². The van der Waals surface area contributed by atoms with Crippen molar-refractivity contribution in [2.45, 2.75) is 24.5 Å². The molecule has 0 aromatic heterocycles. The molecular weight excluding hydrogens is 442 g/mol. The van der Waals surface area contributed by atoms with Crippen molar-refractivity contribution in [1.82, 2.24) is 5.32 Å². The lowest BCUT2D eigenvalue weighted by Gasteiger charge is -2.21. The van der Waals surface area contributed by atoms with E-state index in [0.717, 1.165) is 27.6 Å². The molecule has 1 amide bonds. The van der Waals surface area contributed by atoms with Crippen LogP contribution in [0.1, 0.15) is 35.1 Å². The average molecular weight is 470 g/mol. The van der Waals surface area contributed by atoms with E-state index >= 15 is 0 Å². The summed E-state index contributed by atoms with van der Waals surface area (Å²) in [5.41, 5.74) is 4.86. The van der Waals surface area contributed by atoms with Crippen molar-refractivity contribution in [2.75, 3.05) is 13.2 Å². The summed E-state index contributed by atoms with van der Waals surface area (Å²) in [5, 5.41) is 35.7. The second-order valence-corrected chi connectivity index (χ2v) is 8.77. The van der Waals surface area contributed by atoms with Gasteiger partial charge in [0.15, 0.2) is 0 Å². The van der Waals surface area contributed by atoms with Gasteiger partial charge in [-0.25, -0.2) is 4.79 Å². The maximum Gasteiger partial charge on any atom is 0.407 e. The van der Waals surface area contributed by atoms with E-state index in [1.54, 1.807) is 12.1 Å². The van der Waals surface area contributed by atoms with Crippen molar-refractivity contribution >= 4 is 16.9 Å². The number of aliphatic hydroxyl groups is 2. The van der Waals surface area contributed by atoms with Gasteiger partial charge in [0.2, 0.25) is 0 Å². The summed E-state index contributed by atoms with van der Waals surface area (Å²) in [7, 11) is 0. The van der Waals surface area contributed by atoms with Crippen LogP contribution in [0.15, 0.2) is 84.9 Å². The number of carbonyl (C=O) groups excluding carboxylic acids is 1. The number of ether oxygens (including phenoxy) is 1. The largest absolute Gasteiger partial charge is 0.508 e. The number of amides is 1. The van der Waals surface area contributed by atoms with E-state index < -0.39 is 18.3 Å². The van der Waals surface area contributed by atoms with E-state index in [2.05, 4.69) is 29.6 Å². The maximum absolute atomic E-state index is 12.4. The monoisotopic (exact) mass is 469 g/mol. The Morgan fingerprint density at radius 3 is 2.20 bits per heavy atom. The second-order valence-electron chi connectivity index (χ2n) is 8.77. The molecule has 35 heavy (non-hydrogen) atoms. The van der Waals surface area contributed by atoms with Gasteiger partial charge < -0.3 is 25.4 Å². The molecule has 1 aliphatic carbocycles. The molecular formula is C29H27NO5. The summed E-state index contributed by atoms with van der Waals surface area (Å²) in [4.78, 5) is 12.4. The minimum atomic E-state index is -1.30. The highest BCUT2D eigenvalue weighted by atomic mass is 16.5. The van der Waals surface area contributed by atoms with E-state index in [0.29, 0.717) is 5.39 Å². The van der Waals surface area contributed by atoms with Crippen LogP contribution in [0, 0.1) is 0 Å². The number of phenolic OH excluding ortho intramolecular Hbond substituents is 1. The van der Waals surface area contributed by atoms with Gasteiger partial charge in [-0.3, -0.25) is 0 Å². The first kappa shape index (κ1) is 22.9. The molecule has 178 valence electrons. The van der Waals surface area contributed by atoms with E-state index in [9.17, 15) is 20.1 Å². The smallest absolute Gasteiger partial charge is 0.407 e. The Morgan fingerprint density at radius 2 is 1.49 bits per heavy atom. The number of aliphatic hydroxyl groups excluding tert-OH is 2. The van der Waals surface area contributed by atoms with Crippen molar-refractivity contribution in [3.63, 3.8) is 0 Å². The number of fused-ring (bicyclic) bond motifs is 4. The molecule has 0 bridgehead atoms. The molecule has 2 unspecified atom stereocenters. The van der Waals surface area contributed by atoms with Gasteiger partial charge in [0.1, 0.15) is 18.5 Å². The Balaban J connectivity index is 1.17. The molecule has 0 radical (unpaired) electrons. The van der Waals surface area contributed by atoms with Crippen LogP contribution in [0.2, 0.25) is 0 Å². The summed E-state index contributed by atoms with van der Waals surface area (Å²) in [6, 6.07) is 26.8. The molecule has 4 aromatic carbocycles. The molecule has 5 rings (SSSR count). The molecule has 0 spiro atoms. The average Bonchev–Trinajstić information content (AvgIpc) is 3.20. The molecule has 0 saturated heterocycles. The van der Waals surface area contributed by atoms with Crippen LogP contribution >= 0.6 is 0 Å². The summed E-state index contributed by atoms with van der Waals surface area (Å²) in [6.45, 7) is 0.315. The number of aromatic hydroxyl groups is 1. The summed E-state index contributed by atoms with van der Waals surface area (Å²) < 4.78 is 5.51. The number of nitrogens with one attached hydrogen (secondary N) is 1. The van der Waals surface area contributed by atoms with Gasteiger partial charge in [0.05, 0.1) is 6.10 Å². The number of hydrogen-bond donors (Lipinski definition) is 4. The maximum atomic E-state index is 12.4. The van der Waals surface area contributed by atoms with Crippen LogP contribution in [0.5, 0.6) is 5.75 Å². The number of alkyl carbamates (subject to hydrolysis) is 1. The lowest BCUT2D eigenvalue weighted by Crippen LogP contribution is -2.30. The Morgan fingerprint density at radius 1 is 0.857 bits per heavy atom. The third kappa shape index (κ3) is 4.46. The molecule has 0 aliphatic heterocycles. The van der Waals surface area contributed by atoms with Crippen molar-refractivity contribution < 1.29 is 24.9 Å². The number of carbonyl (C=O) groups is 1. The van der Waals surface area contributed by atoms with Crippen LogP contribution in [0.4, 0.5) is 4.79 Å². The standard InChI is InChI=1S/C29H27NO5/c31-25-14-13-18-7-1-2-8-19(18)27(25)28(33)26(32)15-16-30-29(34)35-17-24-22-11-5-3-9-20(22)21-10-4-6-12-23(21)24/h1-14,24,26,28,31-33H,15-17H2,(H,30,34). The van der Waals surface area contributed by atoms with Crippen molar-refractivity contribution in [3.8, 4) is 16.9 Å². The zero-order chi connectivity index (χ0) is 24.4. The molecule has 0 fully saturated rings. The predicted molar refractivity (Wildman–Crippen MR) is 134 cm³/mol. The number of hydrogen-bond acceptors (Lipinski definition) is 5. The van der Waals surface area contributed by atoms with E-state index in [-0.39, 0.29) is 36.8 Å². The minimum absolute atomic E-state index is 0.0325. The molecule has 2 atom stereocenters. The van der Waals surface area contributed by atoms with Gasteiger partial charge in [0.25, 0.3) is 0 Å². The topological polar surface area (TPSA) is 99.0 Å². The van der Waals surface area contributed by atoms with E-state index in [1.165, 1.54) is 6.07 Å². The fourth-order valence-corrected chi connectivity index (χ4v) is 4.92. The van der Waals surface area contributed by atoms with Crippen LogP contribution in [0.3, 0.4) is 0 Å². The van der Waals surface area contributed by atoms with Crippen LogP contribution in [0.25, 0.3) is 21.9 Å². The lowest BCUT2D eigenvalue weighted by atomic mass is 9.95. The SMILES string of the molecule is O=C(NCCC(O)C(O)c1c(O)ccc2ccccc12)OCC1c2ccccc2-c2ccccc21. The fraction of sp³-hybridized carbons (Fsp3) is 0.207. The first-order chi connectivity index (χ1) is 17.0. The normalized spacial score (nSPS) is 14.2. The van der Waals surface area contributed by atoms with E-state index in [1.807, 2.05) is 42.5 Å². The van der Waals surface area contributed by atoms with Crippen LogP contribution in [-0.2, 0) is 4.74 Å². The molecule has 1 aliphatic rings. The number of phenols is 1. The lowest BCUT2D eigenvalue weighted by molar-refractivity contribution is 0.0133. The van der Waals surface area contributed by atoms with Crippen molar-refractivity contribution in [1.29, 1.82) is 0 Å². The van der Waals surface area contributed by atoms with Gasteiger partial charge in [-0.05, 0) is 45.5 Å². The Bertz CT molecular complexity index is 1320. The molecule has 4 N–H and O–H groups in total. The highest BCUT2D eigenvalue weighted by Crippen LogP contribution is 2.44. The first-order valence-electron chi connectivity index (χ1n) is 11.7. The number of rotatable bonds is 7. The third-order valence-electron chi connectivity index (χ3n) is 6.66. The van der Waals surface area contributed by atoms with Gasteiger partial charge in [0, 0.05) is 18.0 Å². The van der Waals surface area contributed by atoms with Crippen molar-refractivity contribution in [3.05, 3.63) is 102 Å². The van der Waals surface area contributed by atoms with Crippen molar-refractivity contribution in [2.24, 2.45) is 0 Å². The number of benzene rings is 4. The van der Waals surface area contributed by atoms with Gasteiger partial charge in [-0.1, -0.05) is 78.9 Å². The highest BCUT2D eigenvalue weighted by molar-refractivity contribution is 5.88. The summed E-state index contributed by atoms with van der Waals surface area (Å²) in [5.74, 6) is -0.116. The van der Waals surface area contributed by atoms with Crippen LogP contribution < -0.4 is 5.32 Å². The van der Waals surface area contributed by atoms with E-state index in [4.69, 9.17) is 4.74 Å². The summed E-state index contributed by atoms with van der Waals surface area (Å²) in [6.07, 6.45) is -2.97. The fourth-order valence-electron chi connectivity index (χ4n) is 4.92. The Kier molecular flexibility index (Phi) is 6.40. The zero-order valence-corrected chi connectivity index (χ0v) is 19.1. The quantitative estimate of drug-likeness (QED) is 0.310. The molecule has 6 heteroatoms. The van der Waals surface area contributed by atoms with Crippen LogP contribution in [-0.4, -0.2) is 40.7 Å². The first-order valence-corrected chi connectivity index (χ1v) is 11.7.